The van der Waals surface area contributed by atoms with Gasteiger partial charge in [-0.05, 0) is 30.7 Å². The number of hydrogen-bond donors (Lipinski definition) is 2. The molecule has 7 heteroatoms. The molecule has 140 valence electrons. The van der Waals surface area contributed by atoms with Crippen LogP contribution in [0.25, 0.3) is 11.0 Å². The Labute approximate surface area is 156 Å². The Kier molecular flexibility index (Phi) is 5.40. The van der Waals surface area contributed by atoms with Crippen molar-refractivity contribution in [3.63, 3.8) is 0 Å². The lowest BCUT2D eigenvalue weighted by atomic mass is 10.1. The molecule has 0 bridgehead atoms. The monoisotopic (exact) mass is 366 g/mol. The average Bonchev–Trinajstić information content (AvgIpc) is 2.94. The minimum absolute atomic E-state index is 0.127. The second-order valence-corrected chi connectivity index (χ2v) is 6.18. The molecule has 1 aromatic heterocycles. The number of nitrogens with zero attached hydrogens (tertiary/aromatic N) is 2. The summed E-state index contributed by atoms with van der Waals surface area (Å²) in [5.74, 6) is -0.657. The summed E-state index contributed by atoms with van der Waals surface area (Å²) in [6.07, 6.45) is 0.819. The topological polar surface area (TPSA) is 85.1 Å². The molecule has 2 N–H and O–H groups in total. The highest BCUT2D eigenvalue weighted by Gasteiger charge is 2.16. The summed E-state index contributed by atoms with van der Waals surface area (Å²) < 4.78 is 3.14. The number of aryl methyl sites for hydroxylation is 1. The molecule has 2 aromatic carbocycles. The molecule has 0 aliphatic heterocycles. The molecule has 3 aromatic rings. The van der Waals surface area contributed by atoms with E-state index in [0.717, 1.165) is 11.9 Å². The van der Waals surface area contributed by atoms with Gasteiger partial charge in [0.1, 0.15) is 6.54 Å². The van der Waals surface area contributed by atoms with Crippen molar-refractivity contribution in [3.05, 3.63) is 64.6 Å². The van der Waals surface area contributed by atoms with Gasteiger partial charge in [0, 0.05) is 13.6 Å². The predicted octanol–water partition coefficient (Wildman–Crippen LogP) is 2.21. The second-order valence-electron chi connectivity index (χ2n) is 6.18. The van der Waals surface area contributed by atoms with Crippen LogP contribution in [0.5, 0.6) is 0 Å². The van der Waals surface area contributed by atoms with E-state index in [2.05, 4.69) is 10.6 Å². The number of amides is 2. The first kappa shape index (κ1) is 18.4. The van der Waals surface area contributed by atoms with Gasteiger partial charge in [-0.1, -0.05) is 31.2 Å². The fourth-order valence-corrected chi connectivity index (χ4v) is 3.12. The molecular weight excluding hydrogens is 344 g/mol. The van der Waals surface area contributed by atoms with Gasteiger partial charge in [-0.15, -0.1) is 0 Å². The molecule has 7 nitrogen and oxygen atoms in total. The van der Waals surface area contributed by atoms with Crippen LogP contribution in [0.2, 0.25) is 0 Å². The van der Waals surface area contributed by atoms with E-state index < -0.39 is 0 Å². The van der Waals surface area contributed by atoms with Gasteiger partial charge in [0.25, 0.3) is 5.91 Å². The van der Waals surface area contributed by atoms with Crippen molar-refractivity contribution in [2.75, 3.05) is 12.4 Å². The first-order chi connectivity index (χ1) is 13.1. The third-order valence-corrected chi connectivity index (χ3v) is 4.35. The van der Waals surface area contributed by atoms with Gasteiger partial charge in [0.05, 0.1) is 22.3 Å². The average molecular weight is 366 g/mol. The number of aromatic nitrogens is 2. The third kappa shape index (κ3) is 3.62. The van der Waals surface area contributed by atoms with Gasteiger partial charge in [-0.2, -0.15) is 0 Å². The standard InChI is InChI=1S/C20H22N4O3/c1-3-12-23-16-10-6-7-11-17(16)24(20(23)27)13-18(25)22-15-9-5-4-8-14(15)19(26)21-2/h4-11H,3,12-13H2,1-2H3,(H,21,26)(H,22,25). The SMILES string of the molecule is CCCn1c(=O)n(CC(=O)Nc2ccccc2C(=O)NC)c2ccccc21. The van der Waals surface area contributed by atoms with Crippen LogP contribution in [0.1, 0.15) is 23.7 Å². The van der Waals surface area contributed by atoms with Crippen molar-refractivity contribution in [2.24, 2.45) is 0 Å². The summed E-state index contributed by atoms with van der Waals surface area (Å²) in [7, 11) is 1.53. The summed E-state index contributed by atoms with van der Waals surface area (Å²) in [6.45, 7) is 2.46. The highest BCUT2D eigenvalue weighted by molar-refractivity contribution is 6.03. The van der Waals surface area contributed by atoms with Crippen molar-refractivity contribution in [3.8, 4) is 0 Å². The molecule has 0 atom stereocenters. The number of anilines is 1. The van der Waals surface area contributed by atoms with Gasteiger partial charge in [0.2, 0.25) is 5.91 Å². The number of rotatable bonds is 6. The van der Waals surface area contributed by atoms with Gasteiger partial charge in [0.15, 0.2) is 0 Å². The van der Waals surface area contributed by atoms with E-state index >= 15 is 0 Å². The summed E-state index contributed by atoms with van der Waals surface area (Å²) >= 11 is 0. The molecule has 0 aliphatic rings. The zero-order valence-electron chi connectivity index (χ0n) is 15.4. The second kappa shape index (κ2) is 7.90. The van der Waals surface area contributed by atoms with Crippen molar-refractivity contribution >= 4 is 28.5 Å². The maximum Gasteiger partial charge on any atom is 0.329 e. The highest BCUT2D eigenvalue weighted by Crippen LogP contribution is 2.16. The van der Waals surface area contributed by atoms with E-state index in [4.69, 9.17) is 0 Å². The van der Waals surface area contributed by atoms with Crippen molar-refractivity contribution in [1.29, 1.82) is 0 Å². The van der Waals surface area contributed by atoms with Gasteiger partial charge in [-0.3, -0.25) is 18.7 Å². The van der Waals surface area contributed by atoms with Crippen LogP contribution < -0.4 is 16.3 Å². The Morgan fingerprint density at radius 2 is 1.59 bits per heavy atom. The zero-order valence-corrected chi connectivity index (χ0v) is 15.4. The molecule has 27 heavy (non-hydrogen) atoms. The molecule has 2 amide bonds. The fraction of sp³-hybridized carbons (Fsp3) is 0.250. The number of nitrogens with one attached hydrogen (secondary N) is 2. The van der Waals surface area contributed by atoms with Crippen LogP contribution in [-0.4, -0.2) is 28.0 Å². The predicted molar refractivity (Wildman–Crippen MR) is 105 cm³/mol. The zero-order chi connectivity index (χ0) is 19.4. The van der Waals surface area contributed by atoms with Crippen LogP contribution in [-0.2, 0) is 17.9 Å². The van der Waals surface area contributed by atoms with E-state index in [9.17, 15) is 14.4 Å². The van der Waals surface area contributed by atoms with E-state index in [1.165, 1.54) is 11.6 Å². The van der Waals surface area contributed by atoms with Crippen LogP contribution in [0.4, 0.5) is 5.69 Å². The maximum absolute atomic E-state index is 12.8. The van der Waals surface area contributed by atoms with E-state index in [-0.39, 0.29) is 24.0 Å². The summed E-state index contributed by atoms with van der Waals surface area (Å²) in [4.78, 5) is 37.3. The fourth-order valence-electron chi connectivity index (χ4n) is 3.12. The number of benzene rings is 2. The van der Waals surface area contributed by atoms with Crippen LogP contribution in [0.15, 0.2) is 53.3 Å². The van der Waals surface area contributed by atoms with Crippen molar-refractivity contribution in [2.45, 2.75) is 26.4 Å². The normalized spacial score (nSPS) is 10.7. The molecule has 0 fully saturated rings. The Balaban J connectivity index is 1.91. The van der Waals surface area contributed by atoms with Crippen LogP contribution in [0.3, 0.4) is 0 Å². The van der Waals surface area contributed by atoms with E-state index in [0.29, 0.717) is 23.3 Å². The number of para-hydroxylation sites is 3. The lowest BCUT2D eigenvalue weighted by Gasteiger charge is -2.10. The Hall–Kier alpha value is -3.35. The number of carbonyl (C=O) groups excluding carboxylic acids is 2. The van der Waals surface area contributed by atoms with Crippen LogP contribution >= 0.6 is 0 Å². The van der Waals surface area contributed by atoms with Crippen molar-refractivity contribution in [1.82, 2.24) is 14.5 Å². The molecule has 0 saturated carbocycles. The largest absolute Gasteiger partial charge is 0.355 e. The smallest absolute Gasteiger partial charge is 0.329 e. The Morgan fingerprint density at radius 1 is 0.963 bits per heavy atom. The third-order valence-electron chi connectivity index (χ3n) is 4.35. The van der Waals surface area contributed by atoms with Gasteiger partial charge in [-0.25, -0.2) is 4.79 Å². The van der Waals surface area contributed by atoms with Crippen molar-refractivity contribution < 1.29 is 9.59 Å². The Bertz CT molecular complexity index is 1050. The molecule has 0 aliphatic carbocycles. The molecule has 0 unspecified atom stereocenters. The molecular formula is C20H22N4O3. The summed E-state index contributed by atoms with van der Waals surface area (Å²) in [6, 6.07) is 14.2. The van der Waals surface area contributed by atoms with Gasteiger partial charge < -0.3 is 10.6 Å². The molecule has 3 rings (SSSR count). The lowest BCUT2D eigenvalue weighted by molar-refractivity contribution is -0.116. The first-order valence-electron chi connectivity index (χ1n) is 8.85. The number of hydrogen-bond acceptors (Lipinski definition) is 3. The van der Waals surface area contributed by atoms with Crippen LogP contribution in [0, 0.1) is 0 Å². The number of fused-ring (bicyclic) bond motifs is 1. The minimum atomic E-state index is -0.368. The lowest BCUT2D eigenvalue weighted by Crippen LogP contribution is -2.30. The molecule has 0 saturated heterocycles. The highest BCUT2D eigenvalue weighted by atomic mass is 16.2. The molecule has 0 radical (unpaired) electrons. The first-order valence-corrected chi connectivity index (χ1v) is 8.85. The summed E-state index contributed by atoms with van der Waals surface area (Å²) in [5, 5.41) is 5.29. The quantitative estimate of drug-likeness (QED) is 0.701. The van der Waals surface area contributed by atoms with E-state index in [1.807, 2.05) is 31.2 Å². The molecule has 1 heterocycles. The summed E-state index contributed by atoms with van der Waals surface area (Å²) in [5.41, 5.74) is 2.09. The number of carbonyl (C=O) groups is 2. The van der Waals surface area contributed by atoms with E-state index in [1.54, 1.807) is 28.8 Å². The number of imidazole rings is 1. The maximum atomic E-state index is 12.8. The molecule has 0 spiro atoms. The minimum Gasteiger partial charge on any atom is -0.355 e. The van der Waals surface area contributed by atoms with Gasteiger partial charge >= 0.3 is 5.69 Å². The Morgan fingerprint density at radius 3 is 2.26 bits per heavy atom.